The monoisotopic (exact) mass is 587 g/mol. The minimum atomic E-state index is 0.910. The fourth-order valence-electron chi connectivity index (χ4n) is 6.48. The van der Waals surface area contributed by atoms with Crippen LogP contribution in [0, 0.1) is 11.8 Å². The molecule has 0 aliphatic heterocycles. The van der Waals surface area contributed by atoms with Crippen molar-refractivity contribution < 1.29 is 0 Å². The average molecular weight is 587 g/mol. The molecule has 0 spiro atoms. The van der Waals surface area contributed by atoms with E-state index < -0.39 is 0 Å². The Bertz CT molecular complexity index is 521. The first-order valence-corrected chi connectivity index (χ1v) is 19.7. The maximum Gasteiger partial charge on any atom is -0.0346 e. The molecule has 0 saturated heterocycles. The molecule has 0 aromatic rings. The predicted molar refractivity (Wildman–Crippen MR) is 196 cm³/mol. The maximum absolute atomic E-state index is 2.44. The third-order valence-electron chi connectivity index (χ3n) is 9.57. The van der Waals surface area contributed by atoms with Gasteiger partial charge in [-0.05, 0) is 65.2 Å². The third kappa shape index (κ3) is 35.7. The van der Waals surface area contributed by atoms with E-state index in [1.165, 1.54) is 204 Å². The lowest BCUT2D eigenvalue weighted by atomic mass is 9.97. The Kier molecular flexibility index (Phi) is 33.0. The molecule has 0 heteroatoms. The van der Waals surface area contributed by atoms with Crippen LogP contribution < -0.4 is 0 Å². The highest BCUT2D eigenvalue weighted by atomic mass is 14.1. The summed E-state index contributed by atoms with van der Waals surface area (Å²) < 4.78 is 0. The SMILES string of the molecule is CC(C)=CCCC(C)CCCCCCCCCCCCCCCCCCCCCCCCCCC(C)CCC=C(C)C. The zero-order valence-corrected chi connectivity index (χ0v) is 30.5. The molecule has 0 saturated carbocycles. The molecule has 0 aromatic carbocycles. The van der Waals surface area contributed by atoms with E-state index in [4.69, 9.17) is 0 Å². The molecule has 0 fully saturated rings. The van der Waals surface area contributed by atoms with Crippen molar-refractivity contribution in [3.05, 3.63) is 23.3 Å². The van der Waals surface area contributed by atoms with Crippen molar-refractivity contribution in [2.24, 2.45) is 11.8 Å². The summed E-state index contributed by atoms with van der Waals surface area (Å²) in [4.78, 5) is 0. The van der Waals surface area contributed by atoms with E-state index in [9.17, 15) is 0 Å². The van der Waals surface area contributed by atoms with Gasteiger partial charge >= 0.3 is 0 Å². The average Bonchev–Trinajstić information content (AvgIpc) is 2.94. The van der Waals surface area contributed by atoms with Crippen LogP contribution in [0.5, 0.6) is 0 Å². The van der Waals surface area contributed by atoms with Gasteiger partial charge < -0.3 is 0 Å². The lowest BCUT2D eigenvalue weighted by Crippen LogP contribution is -1.94. The first-order valence-electron chi connectivity index (χ1n) is 19.7. The Morgan fingerprint density at radius 3 is 0.690 bits per heavy atom. The van der Waals surface area contributed by atoms with E-state index in [1.54, 1.807) is 0 Å². The fraction of sp³-hybridized carbons (Fsp3) is 0.905. The minimum Gasteiger partial charge on any atom is -0.0859 e. The fourth-order valence-corrected chi connectivity index (χ4v) is 6.48. The Hall–Kier alpha value is -0.520. The summed E-state index contributed by atoms with van der Waals surface area (Å²) in [5.41, 5.74) is 2.95. The van der Waals surface area contributed by atoms with Crippen LogP contribution in [0.2, 0.25) is 0 Å². The third-order valence-corrected chi connectivity index (χ3v) is 9.57. The number of unbranched alkanes of at least 4 members (excludes halogenated alkanes) is 23. The van der Waals surface area contributed by atoms with E-state index in [0.29, 0.717) is 0 Å². The lowest BCUT2D eigenvalue weighted by Gasteiger charge is -2.10. The molecule has 0 aliphatic rings. The maximum atomic E-state index is 2.44. The van der Waals surface area contributed by atoms with E-state index in [1.807, 2.05) is 0 Å². The molecule has 0 bridgehead atoms. The zero-order chi connectivity index (χ0) is 30.9. The Labute approximate surface area is 268 Å². The molecule has 0 amide bonds. The summed E-state index contributed by atoms with van der Waals surface area (Å²) in [5, 5.41) is 0. The quantitative estimate of drug-likeness (QED) is 0.0530. The van der Waals surface area contributed by atoms with Gasteiger partial charge in [-0.2, -0.15) is 0 Å². The summed E-state index contributed by atoms with van der Waals surface area (Å²) in [6.45, 7) is 13.8. The number of hydrogen-bond donors (Lipinski definition) is 0. The highest BCUT2D eigenvalue weighted by Crippen LogP contribution is 2.19. The zero-order valence-electron chi connectivity index (χ0n) is 30.5. The smallest absolute Gasteiger partial charge is 0.0346 e. The predicted octanol–water partition coefficient (Wildman–Crippen LogP) is 15.9. The highest BCUT2D eigenvalue weighted by Gasteiger charge is 2.02. The van der Waals surface area contributed by atoms with Gasteiger partial charge in [-0.25, -0.2) is 0 Å². The number of hydrogen-bond acceptors (Lipinski definition) is 0. The van der Waals surface area contributed by atoms with Crippen molar-refractivity contribution in [3.8, 4) is 0 Å². The molecular weight excluding hydrogens is 504 g/mol. The van der Waals surface area contributed by atoms with Gasteiger partial charge in [0.1, 0.15) is 0 Å². The van der Waals surface area contributed by atoms with Gasteiger partial charge in [0.25, 0.3) is 0 Å². The molecule has 0 nitrogen and oxygen atoms in total. The normalized spacial score (nSPS) is 12.8. The molecule has 0 aromatic heterocycles. The van der Waals surface area contributed by atoms with Gasteiger partial charge in [-0.3, -0.25) is 0 Å². The van der Waals surface area contributed by atoms with Gasteiger partial charge in [-0.15, -0.1) is 0 Å². The van der Waals surface area contributed by atoms with Gasteiger partial charge in [0.15, 0.2) is 0 Å². The molecule has 2 unspecified atom stereocenters. The lowest BCUT2D eigenvalue weighted by molar-refractivity contribution is 0.456. The van der Waals surface area contributed by atoms with Gasteiger partial charge in [-0.1, -0.05) is 204 Å². The minimum absolute atomic E-state index is 0.910. The molecule has 0 radical (unpaired) electrons. The molecular formula is C42H82. The molecule has 250 valence electrons. The van der Waals surface area contributed by atoms with E-state index >= 15 is 0 Å². The van der Waals surface area contributed by atoms with Gasteiger partial charge in [0.05, 0.1) is 0 Å². The van der Waals surface area contributed by atoms with Crippen molar-refractivity contribution in [2.75, 3.05) is 0 Å². The second-order valence-corrected chi connectivity index (χ2v) is 15.0. The number of allylic oxidation sites excluding steroid dienone is 4. The van der Waals surface area contributed by atoms with Crippen LogP contribution >= 0.6 is 0 Å². The Morgan fingerprint density at radius 2 is 0.500 bits per heavy atom. The molecule has 0 heterocycles. The number of rotatable bonds is 33. The van der Waals surface area contributed by atoms with Crippen LogP contribution in [0.15, 0.2) is 23.3 Å². The Balaban J connectivity index is 3.16. The molecule has 0 rings (SSSR count). The summed E-state index contributed by atoms with van der Waals surface area (Å²) in [7, 11) is 0. The molecule has 0 N–H and O–H groups in total. The van der Waals surface area contributed by atoms with Crippen LogP contribution in [-0.2, 0) is 0 Å². The van der Waals surface area contributed by atoms with Crippen molar-refractivity contribution in [3.63, 3.8) is 0 Å². The van der Waals surface area contributed by atoms with Crippen molar-refractivity contribution in [2.45, 2.75) is 234 Å². The first kappa shape index (κ1) is 41.5. The molecule has 0 aliphatic carbocycles. The summed E-state index contributed by atoms with van der Waals surface area (Å²) in [6, 6.07) is 0. The summed E-state index contributed by atoms with van der Waals surface area (Å²) in [5.74, 6) is 1.82. The first-order chi connectivity index (χ1) is 20.4. The van der Waals surface area contributed by atoms with E-state index in [-0.39, 0.29) is 0 Å². The largest absolute Gasteiger partial charge is 0.0859 e. The Morgan fingerprint density at radius 1 is 0.310 bits per heavy atom. The molecule has 2 atom stereocenters. The topological polar surface area (TPSA) is 0 Å². The second kappa shape index (κ2) is 33.4. The van der Waals surface area contributed by atoms with Crippen molar-refractivity contribution in [1.82, 2.24) is 0 Å². The van der Waals surface area contributed by atoms with Gasteiger partial charge in [0, 0.05) is 0 Å². The van der Waals surface area contributed by atoms with Crippen LogP contribution in [0.25, 0.3) is 0 Å². The highest BCUT2D eigenvalue weighted by molar-refractivity contribution is 4.93. The standard InChI is InChI=1S/C42H82/c1-39(2)33-31-37-41(5)35-29-27-25-23-21-19-17-15-13-11-9-7-8-10-12-14-16-18-20-22-24-26-28-30-36-42(6)38-32-34-40(3)4/h33-34,41-42H,7-32,35-38H2,1-6H3. The summed E-state index contributed by atoms with van der Waals surface area (Å²) in [6.07, 6.45) is 48.5. The van der Waals surface area contributed by atoms with Crippen LogP contribution in [0.4, 0.5) is 0 Å². The second-order valence-electron chi connectivity index (χ2n) is 15.0. The van der Waals surface area contributed by atoms with Crippen molar-refractivity contribution >= 4 is 0 Å². The van der Waals surface area contributed by atoms with E-state index in [0.717, 1.165) is 11.8 Å². The van der Waals surface area contributed by atoms with Gasteiger partial charge in [0.2, 0.25) is 0 Å². The summed E-state index contributed by atoms with van der Waals surface area (Å²) >= 11 is 0. The molecule has 42 heavy (non-hydrogen) atoms. The van der Waals surface area contributed by atoms with E-state index in [2.05, 4.69) is 53.7 Å². The van der Waals surface area contributed by atoms with Crippen molar-refractivity contribution in [1.29, 1.82) is 0 Å². The van der Waals surface area contributed by atoms with Crippen LogP contribution in [-0.4, -0.2) is 0 Å². The van der Waals surface area contributed by atoms with Crippen LogP contribution in [0.1, 0.15) is 234 Å². The van der Waals surface area contributed by atoms with Crippen LogP contribution in [0.3, 0.4) is 0 Å².